The molecule has 0 heterocycles. The van der Waals surface area contributed by atoms with Gasteiger partial charge in [0, 0.05) is 33.2 Å². The lowest BCUT2D eigenvalue weighted by atomic mass is 9.97. The first-order chi connectivity index (χ1) is 9.31. The van der Waals surface area contributed by atoms with Gasteiger partial charge in [-0.05, 0) is 12.0 Å². The molecule has 5 heteroatoms. The number of rotatable bonds is 7. The number of methoxy groups -OCH3 is 1. The number of nitrogens with zero attached hydrogens (tertiary/aromatic N) is 1. The van der Waals surface area contributed by atoms with Crippen LogP contribution in [0.2, 0.25) is 0 Å². The lowest BCUT2D eigenvalue weighted by Crippen LogP contribution is -2.40. The Balaban J connectivity index is 0.00000361. The van der Waals surface area contributed by atoms with Crippen molar-refractivity contribution in [2.45, 2.75) is 19.3 Å². The van der Waals surface area contributed by atoms with Crippen molar-refractivity contribution in [3.63, 3.8) is 0 Å². The third-order valence-electron chi connectivity index (χ3n) is 3.10. The SMILES string of the molecule is CCC(CNC(=NC)NCCOC)c1ccccc1.I. The molecule has 0 fully saturated rings. The number of ether oxygens (including phenoxy) is 1. The summed E-state index contributed by atoms with van der Waals surface area (Å²) in [5.41, 5.74) is 1.37. The minimum Gasteiger partial charge on any atom is -0.383 e. The molecular weight excluding hydrogens is 365 g/mol. The highest BCUT2D eigenvalue weighted by Crippen LogP contribution is 2.17. The molecule has 1 unspecified atom stereocenters. The van der Waals surface area contributed by atoms with E-state index in [2.05, 4.69) is 52.9 Å². The van der Waals surface area contributed by atoms with Gasteiger partial charge < -0.3 is 15.4 Å². The number of hydrogen-bond acceptors (Lipinski definition) is 2. The molecule has 0 bridgehead atoms. The molecule has 114 valence electrons. The third-order valence-corrected chi connectivity index (χ3v) is 3.10. The van der Waals surface area contributed by atoms with Crippen molar-refractivity contribution in [3.8, 4) is 0 Å². The van der Waals surface area contributed by atoms with Crippen LogP contribution in [0.3, 0.4) is 0 Å². The number of aliphatic imine (C=N–C) groups is 1. The molecule has 0 spiro atoms. The predicted octanol–water partition coefficient (Wildman–Crippen LogP) is 2.61. The largest absolute Gasteiger partial charge is 0.383 e. The quantitative estimate of drug-likeness (QED) is 0.325. The average molecular weight is 391 g/mol. The first-order valence-corrected chi connectivity index (χ1v) is 6.80. The summed E-state index contributed by atoms with van der Waals surface area (Å²) in [6.45, 7) is 4.53. The molecule has 20 heavy (non-hydrogen) atoms. The molecule has 2 N–H and O–H groups in total. The second-order valence-electron chi connectivity index (χ2n) is 4.39. The molecule has 4 nitrogen and oxygen atoms in total. The van der Waals surface area contributed by atoms with Gasteiger partial charge in [-0.15, -0.1) is 24.0 Å². The van der Waals surface area contributed by atoms with Crippen molar-refractivity contribution < 1.29 is 4.74 Å². The van der Waals surface area contributed by atoms with Gasteiger partial charge in [-0.3, -0.25) is 4.99 Å². The Hall–Kier alpha value is -0.820. The first-order valence-electron chi connectivity index (χ1n) is 6.80. The summed E-state index contributed by atoms with van der Waals surface area (Å²) >= 11 is 0. The van der Waals surface area contributed by atoms with Crippen molar-refractivity contribution >= 4 is 29.9 Å². The predicted molar refractivity (Wildman–Crippen MR) is 96.1 cm³/mol. The monoisotopic (exact) mass is 391 g/mol. The van der Waals surface area contributed by atoms with Crippen LogP contribution in [-0.4, -0.2) is 39.8 Å². The average Bonchev–Trinajstić information content (AvgIpc) is 2.47. The Morgan fingerprint density at radius 3 is 2.50 bits per heavy atom. The summed E-state index contributed by atoms with van der Waals surface area (Å²) in [6, 6.07) is 10.6. The van der Waals surface area contributed by atoms with Crippen LogP contribution in [0.5, 0.6) is 0 Å². The highest BCUT2D eigenvalue weighted by atomic mass is 127. The van der Waals surface area contributed by atoms with Crippen LogP contribution in [0.25, 0.3) is 0 Å². The second-order valence-corrected chi connectivity index (χ2v) is 4.39. The molecule has 1 aromatic rings. The molecule has 1 aromatic carbocycles. The van der Waals surface area contributed by atoms with E-state index in [1.54, 1.807) is 14.2 Å². The Bertz CT molecular complexity index is 371. The number of hydrogen-bond donors (Lipinski definition) is 2. The molecule has 1 atom stereocenters. The van der Waals surface area contributed by atoms with E-state index >= 15 is 0 Å². The molecule has 0 aromatic heterocycles. The zero-order valence-electron chi connectivity index (χ0n) is 12.6. The number of halogens is 1. The Labute approximate surface area is 139 Å². The molecule has 0 saturated carbocycles. The van der Waals surface area contributed by atoms with Gasteiger partial charge in [0.15, 0.2) is 5.96 Å². The summed E-state index contributed by atoms with van der Waals surface area (Å²) in [5, 5.41) is 6.58. The fourth-order valence-electron chi connectivity index (χ4n) is 1.94. The highest BCUT2D eigenvalue weighted by molar-refractivity contribution is 14.0. The number of guanidine groups is 1. The minimum absolute atomic E-state index is 0. The van der Waals surface area contributed by atoms with Crippen molar-refractivity contribution in [3.05, 3.63) is 35.9 Å². The van der Waals surface area contributed by atoms with Crippen LogP contribution in [0.15, 0.2) is 35.3 Å². The van der Waals surface area contributed by atoms with E-state index in [0.717, 1.165) is 25.5 Å². The fourth-order valence-corrected chi connectivity index (χ4v) is 1.94. The standard InChI is InChI=1S/C15H25N3O.HI/c1-4-13(14-8-6-5-7-9-14)12-18-15(16-2)17-10-11-19-3;/h5-9,13H,4,10-12H2,1-3H3,(H2,16,17,18);1H. The van der Waals surface area contributed by atoms with E-state index in [-0.39, 0.29) is 24.0 Å². The Morgan fingerprint density at radius 1 is 1.25 bits per heavy atom. The highest BCUT2D eigenvalue weighted by Gasteiger charge is 2.09. The van der Waals surface area contributed by atoms with Crippen molar-refractivity contribution in [1.82, 2.24) is 10.6 Å². The van der Waals surface area contributed by atoms with E-state index in [9.17, 15) is 0 Å². The fraction of sp³-hybridized carbons (Fsp3) is 0.533. The van der Waals surface area contributed by atoms with Crippen molar-refractivity contribution in [2.24, 2.45) is 4.99 Å². The first kappa shape index (κ1) is 19.2. The van der Waals surface area contributed by atoms with Crippen molar-refractivity contribution in [1.29, 1.82) is 0 Å². The molecule has 1 rings (SSSR count). The summed E-state index contributed by atoms with van der Waals surface area (Å²) in [7, 11) is 3.48. The zero-order valence-corrected chi connectivity index (χ0v) is 14.9. The Kier molecular flexibility index (Phi) is 11.5. The molecule has 0 aliphatic heterocycles. The summed E-state index contributed by atoms with van der Waals surface area (Å²) in [6.07, 6.45) is 1.10. The van der Waals surface area contributed by atoms with Gasteiger partial charge in [0.05, 0.1) is 6.61 Å². The van der Waals surface area contributed by atoms with Gasteiger partial charge in [0.1, 0.15) is 0 Å². The zero-order chi connectivity index (χ0) is 13.9. The topological polar surface area (TPSA) is 45.7 Å². The molecule has 0 aliphatic carbocycles. The normalized spacial score (nSPS) is 12.4. The van der Waals surface area contributed by atoms with Gasteiger partial charge in [-0.1, -0.05) is 37.3 Å². The van der Waals surface area contributed by atoms with Crippen LogP contribution in [-0.2, 0) is 4.74 Å². The van der Waals surface area contributed by atoms with Gasteiger partial charge in [-0.25, -0.2) is 0 Å². The van der Waals surface area contributed by atoms with E-state index in [0.29, 0.717) is 12.5 Å². The van der Waals surface area contributed by atoms with E-state index < -0.39 is 0 Å². The van der Waals surface area contributed by atoms with Crippen LogP contribution in [0, 0.1) is 0 Å². The van der Waals surface area contributed by atoms with E-state index in [1.807, 2.05) is 0 Å². The number of benzene rings is 1. The maximum atomic E-state index is 5.01. The van der Waals surface area contributed by atoms with Crippen LogP contribution in [0.1, 0.15) is 24.8 Å². The Morgan fingerprint density at radius 2 is 1.95 bits per heavy atom. The van der Waals surface area contributed by atoms with Gasteiger partial charge in [0.2, 0.25) is 0 Å². The lowest BCUT2D eigenvalue weighted by molar-refractivity contribution is 0.203. The number of nitrogens with one attached hydrogen (secondary N) is 2. The maximum Gasteiger partial charge on any atom is 0.191 e. The molecule has 0 saturated heterocycles. The lowest BCUT2D eigenvalue weighted by Gasteiger charge is -2.18. The minimum atomic E-state index is 0. The third kappa shape index (κ3) is 7.09. The summed E-state index contributed by atoms with van der Waals surface area (Å²) in [4.78, 5) is 4.20. The van der Waals surface area contributed by atoms with E-state index in [1.165, 1.54) is 5.56 Å². The maximum absolute atomic E-state index is 5.01. The smallest absolute Gasteiger partial charge is 0.191 e. The van der Waals surface area contributed by atoms with Gasteiger partial charge in [-0.2, -0.15) is 0 Å². The second kappa shape index (κ2) is 12.0. The van der Waals surface area contributed by atoms with Crippen molar-refractivity contribution in [2.75, 3.05) is 33.9 Å². The summed E-state index contributed by atoms with van der Waals surface area (Å²) in [5.74, 6) is 1.33. The van der Waals surface area contributed by atoms with Crippen LogP contribution < -0.4 is 10.6 Å². The van der Waals surface area contributed by atoms with Crippen LogP contribution >= 0.6 is 24.0 Å². The van der Waals surface area contributed by atoms with Gasteiger partial charge in [0.25, 0.3) is 0 Å². The van der Waals surface area contributed by atoms with Gasteiger partial charge >= 0.3 is 0 Å². The molecule has 0 amide bonds. The summed E-state index contributed by atoms with van der Waals surface area (Å²) < 4.78 is 5.01. The molecule has 0 aliphatic rings. The molecule has 0 radical (unpaired) electrons. The van der Waals surface area contributed by atoms with E-state index in [4.69, 9.17) is 4.74 Å². The van der Waals surface area contributed by atoms with Crippen LogP contribution in [0.4, 0.5) is 0 Å². The molecular formula is C15H26IN3O.